The second-order valence-corrected chi connectivity index (χ2v) is 3.90. The van der Waals surface area contributed by atoms with Crippen LogP contribution in [0.5, 0.6) is 0 Å². The Labute approximate surface area is 85.3 Å². The summed E-state index contributed by atoms with van der Waals surface area (Å²) in [6, 6.07) is 11.2. The van der Waals surface area contributed by atoms with E-state index in [-0.39, 0.29) is 0 Å². The summed E-state index contributed by atoms with van der Waals surface area (Å²) in [6.07, 6.45) is 1.19. The summed E-state index contributed by atoms with van der Waals surface area (Å²) in [5, 5.41) is 3.48. The number of methoxy groups -OCH3 is 1. The maximum Gasteiger partial charge on any atom is 0.0616 e. The van der Waals surface area contributed by atoms with Crippen LogP contribution < -0.4 is 5.32 Å². The number of rotatable bonds is 3. The Balaban J connectivity index is 1.96. The number of benzene rings is 1. The minimum absolute atomic E-state index is 0.533. The first-order valence-electron chi connectivity index (χ1n) is 5.17. The van der Waals surface area contributed by atoms with Crippen LogP contribution in [0.1, 0.15) is 17.9 Å². The topological polar surface area (TPSA) is 21.3 Å². The minimum Gasteiger partial charge on any atom is -0.383 e. The molecule has 1 aromatic rings. The molecule has 1 aliphatic heterocycles. The summed E-state index contributed by atoms with van der Waals surface area (Å²) in [5.74, 6) is 0.663. The molecule has 14 heavy (non-hydrogen) atoms. The zero-order valence-electron chi connectivity index (χ0n) is 8.57. The lowest BCUT2D eigenvalue weighted by molar-refractivity contribution is 0.173. The van der Waals surface area contributed by atoms with E-state index in [0.29, 0.717) is 12.0 Å². The molecule has 0 saturated carbocycles. The van der Waals surface area contributed by atoms with Gasteiger partial charge in [-0.05, 0) is 17.9 Å². The van der Waals surface area contributed by atoms with Gasteiger partial charge in [-0.3, -0.25) is 0 Å². The van der Waals surface area contributed by atoms with Crippen LogP contribution in [-0.2, 0) is 4.74 Å². The lowest BCUT2D eigenvalue weighted by Crippen LogP contribution is -2.25. The Morgan fingerprint density at radius 1 is 1.36 bits per heavy atom. The van der Waals surface area contributed by atoms with Crippen molar-refractivity contribution in [2.24, 2.45) is 0 Å². The molecule has 0 amide bonds. The van der Waals surface area contributed by atoms with Crippen LogP contribution in [0.25, 0.3) is 0 Å². The molecule has 2 unspecified atom stereocenters. The number of nitrogens with one attached hydrogen (secondary N) is 1. The zero-order chi connectivity index (χ0) is 9.80. The van der Waals surface area contributed by atoms with Crippen LogP contribution >= 0.6 is 0 Å². The van der Waals surface area contributed by atoms with Crippen molar-refractivity contribution in [2.75, 3.05) is 20.3 Å². The lowest BCUT2D eigenvalue weighted by Gasteiger charge is -2.09. The standard InChI is InChI=1S/C12H17NO/c1-14-9-12-7-11(8-13-12)10-5-3-2-4-6-10/h2-6,11-13H,7-9H2,1H3. The van der Waals surface area contributed by atoms with E-state index in [1.54, 1.807) is 7.11 Å². The number of hydrogen-bond donors (Lipinski definition) is 1. The number of ether oxygens (including phenoxy) is 1. The molecule has 2 nitrogen and oxygen atoms in total. The van der Waals surface area contributed by atoms with Gasteiger partial charge in [-0.2, -0.15) is 0 Å². The van der Waals surface area contributed by atoms with E-state index in [4.69, 9.17) is 4.74 Å². The molecule has 1 aromatic carbocycles. The first kappa shape index (κ1) is 9.69. The van der Waals surface area contributed by atoms with Crippen molar-refractivity contribution >= 4 is 0 Å². The van der Waals surface area contributed by atoms with Crippen LogP contribution in [0.4, 0.5) is 0 Å². The summed E-state index contributed by atoms with van der Waals surface area (Å²) in [5.41, 5.74) is 1.44. The third-order valence-electron chi connectivity index (χ3n) is 2.86. The van der Waals surface area contributed by atoms with Crippen molar-refractivity contribution in [3.8, 4) is 0 Å². The van der Waals surface area contributed by atoms with Gasteiger partial charge in [0.15, 0.2) is 0 Å². The highest BCUT2D eigenvalue weighted by atomic mass is 16.5. The van der Waals surface area contributed by atoms with Crippen molar-refractivity contribution in [2.45, 2.75) is 18.4 Å². The van der Waals surface area contributed by atoms with Crippen molar-refractivity contribution in [1.29, 1.82) is 0 Å². The molecule has 1 aliphatic rings. The summed E-state index contributed by atoms with van der Waals surface area (Å²) >= 11 is 0. The quantitative estimate of drug-likeness (QED) is 0.786. The van der Waals surface area contributed by atoms with E-state index in [1.165, 1.54) is 12.0 Å². The van der Waals surface area contributed by atoms with Gasteiger partial charge < -0.3 is 10.1 Å². The molecule has 1 saturated heterocycles. The van der Waals surface area contributed by atoms with Crippen LogP contribution in [0.15, 0.2) is 30.3 Å². The maximum absolute atomic E-state index is 5.15. The molecular weight excluding hydrogens is 174 g/mol. The molecule has 0 bridgehead atoms. The molecular formula is C12H17NO. The zero-order valence-corrected chi connectivity index (χ0v) is 8.57. The van der Waals surface area contributed by atoms with Crippen LogP contribution in [0.2, 0.25) is 0 Å². The van der Waals surface area contributed by atoms with Gasteiger partial charge in [-0.15, -0.1) is 0 Å². The molecule has 0 radical (unpaired) electrons. The molecule has 0 aromatic heterocycles. The minimum atomic E-state index is 0.533. The van der Waals surface area contributed by atoms with Gasteiger partial charge in [-0.1, -0.05) is 30.3 Å². The van der Waals surface area contributed by atoms with Gasteiger partial charge in [0.1, 0.15) is 0 Å². The smallest absolute Gasteiger partial charge is 0.0616 e. The Bertz CT molecular complexity index is 273. The Morgan fingerprint density at radius 3 is 2.86 bits per heavy atom. The van der Waals surface area contributed by atoms with Crippen LogP contribution in [-0.4, -0.2) is 26.3 Å². The van der Waals surface area contributed by atoms with Gasteiger partial charge in [0.2, 0.25) is 0 Å². The first-order chi connectivity index (χ1) is 6.90. The lowest BCUT2D eigenvalue weighted by atomic mass is 9.97. The van der Waals surface area contributed by atoms with E-state index in [1.807, 2.05) is 0 Å². The SMILES string of the molecule is COCC1CC(c2ccccc2)CN1. The Kier molecular flexibility index (Phi) is 3.17. The maximum atomic E-state index is 5.15. The molecule has 0 aliphatic carbocycles. The molecule has 2 rings (SSSR count). The average Bonchev–Trinajstić information content (AvgIpc) is 2.68. The highest BCUT2D eigenvalue weighted by Gasteiger charge is 2.24. The molecule has 1 fully saturated rings. The fourth-order valence-electron chi connectivity index (χ4n) is 2.13. The summed E-state index contributed by atoms with van der Waals surface area (Å²) in [7, 11) is 1.76. The third kappa shape index (κ3) is 2.14. The summed E-state index contributed by atoms with van der Waals surface area (Å²) < 4.78 is 5.15. The predicted molar refractivity (Wildman–Crippen MR) is 57.5 cm³/mol. The van der Waals surface area contributed by atoms with Crippen molar-refractivity contribution in [1.82, 2.24) is 5.32 Å². The fourth-order valence-corrected chi connectivity index (χ4v) is 2.13. The molecule has 2 atom stereocenters. The predicted octanol–water partition coefficient (Wildman–Crippen LogP) is 1.78. The van der Waals surface area contributed by atoms with E-state index >= 15 is 0 Å². The van der Waals surface area contributed by atoms with Crippen molar-refractivity contribution < 1.29 is 4.74 Å². The summed E-state index contributed by atoms with van der Waals surface area (Å²) in [6.45, 7) is 1.90. The molecule has 2 heteroatoms. The highest BCUT2D eigenvalue weighted by molar-refractivity contribution is 5.21. The third-order valence-corrected chi connectivity index (χ3v) is 2.86. The van der Waals surface area contributed by atoms with Gasteiger partial charge in [0.05, 0.1) is 6.61 Å². The molecule has 1 N–H and O–H groups in total. The second kappa shape index (κ2) is 4.58. The molecule has 0 spiro atoms. The molecule has 76 valence electrons. The van der Waals surface area contributed by atoms with E-state index in [0.717, 1.165) is 13.2 Å². The normalized spacial score (nSPS) is 26.6. The van der Waals surface area contributed by atoms with Gasteiger partial charge in [-0.25, -0.2) is 0 Å². The fraction of sp³-hybridized carbons (Fsp3) is 0.500. The number of hydrogen-bond acceptors (Lipinski definition) is 2. The van der Waals surface area contributed by atoms with Crippen LogP contribution in [0.3, 0.4) is 0 Å². The van der Waals surface area contributed by atoms with Gasteiger partial charge >= 0.3 is 0 Å². The Morgan fingerprint density at radius 2 is 2.14 bits per heavy atom. The largest absolute Gasteiger partial charge is 0.383 e. The average molecular weight is 191 g/mol. The van der Waals surface area contributed by atoms with E-state index in [2.05, 4.69) is 35.6 Å². The van der Waals surface area contributed by atoms with E-state index < -0.39 is 0 Å². The summed E-state index contributed by atoms with van der Waals surface area (Å²) in [4.78, 5) is 0. The Hall–Kier alpha value is -0.860. The second-order valence-electron chi connectivity index (χ2n) is 3.90. The molecule has 1 heterocycles. The first-order valence-corrected chi connectivity index (χ1v) is 5.17. The van der Waals surface area contributed by atoms with Crippen molar-refractivity contribution in [3.63, 3.8) is 0 Å². The van der Waals surface area contributed by atoms with Crippen LogP contribution in [0, 0.1) is 0 Å². The highest BCUT2D eigenvalue weighted by Crippen LogP contribution is 2.25. The monoisotopic (exact) mass is 191 g/mol. The van der Waals surface area contributed by atoms with Gasteiger partial charge in [0.25, 0.3) is 0 Å². The van der Waals surface area contributed by atoms with Gasteiger partial charge in [0, 0.05) is 19.7 Å². The van der Waals surface area contributed by atoms with Crippen molar-refractivity contribution in [3.05, 3.63) is 35.9 Å². The van der Waals surface area contributed by atoms with E-state index in [9.17, 15) is 0 Å².